The quantitative estimate of drug-likeness (QED) is 0.656. The third-order valence-corrected chi connectivity index (χ3v) is 1.88. The van der Waals surface area contributed by atoms with Gasteiger partial charge in [-0.3, -0.25) is 0 Å². The maximum absolute atomic E-state index is 9.65. The maximum atomic E-state index is 9.65. The molecule has 0 heterocycles. The molecule has 0 fully saturated rings. The van der Waals surface area contributed by atoms with Crippen molar-refractivity contribution < 1.29 is 5.11 Å². The van der Waals surface area contributed by atoms with Gasteiger partial charge in [0.2, 0.25) is 0 Å². The van der Waals surface area contributed by atoms with Crippen LogP contribution in [0.25, 0.3) is 0 Å². The Labute approximate surface area is 73.0 Å². The van der Waals surface area contributed by atoms with Gasteiger partial charge < -0.3 is 5.11 Å². The van der Waals surface area contributed by atoms with Crippen molar-refractivity contribution in [1.82, 2.24) is 0 Å². The Balaban J connectivity index is 2.80. The molecule has 12 heavy (non-hydrogen) atoms. The molecule has 0 saturated heterocycles. The standard InChI is InChI=1S/C11H12O/c1-3-9(2)11(12)10-7-5-4-6-8-10/h1,4-9,11-12H,2H3/t9-,11+/m0/s1. The van der Waals surface area contributed by atoms with Crippen molar-refractivity contribution in [1.29, 1.82) is 0 Å². The second-order valence-electron chi connectivity index (χ2n) is 2.81. The molecule has 1 rings (SSSR count). The fraction of sp³-hybridized carbons (Fsp3) is 0.273. The summed E-state index contributed by atoms with van der Waals surface area (Å²) in [7, 11) is 0. The second kappa shape index (κ2) is 3.94. The van der Waals surface area contributed by atoms with Gasteiger partial charge in [-0.15, -0.1) is 12.3 Å². The Bertz CT molecular complexity index is 271. The molecule has 1 heteroatoms. The molecular formula is C11H12O. The van der Waals surface area contributed by atoms with E-state index in [2.05, 4.69) is 5.92 Å². The van der Waals surface area contributed by atoms with Gasteiger partial charge in [0, 0.05) is 5.92 Å². The van der Waals surface area contributed by atoms with Crippen LogP contribution in [-0.2, 0) is 0 Å². The smallest absolute Gasteiger partial charge is 0.0924 e. The molecule has 0 aliphatic heterocycles. The fourth-order valence-electron chi connectivity index (χ4n) is 1.03. The van der Waals surface area contributed by atoms with Gasteiger partial charge in [0.05, 0.1) is 6.10 Å². The Morgan fingerprint density at radius 1 is 1.33 bits per heavy atom. The number of hydrogen-bond acceptors (Lipinski definition) is 1. The van der Waals surface area contributed by atoms with E-state index >= 15 is 0 Å². The van der Waals surface area contributed by atoms with E-state index in [4.69, 9.17) is 6.42 Å². The van der Waals surface area contributed by atoms with E-state index in [1.165, 1.54) is 0 Å². The van der Waals surface area contributed by atoms with E-state index in [-0.39, 0.29) is 5.92 Å². The lowest BCUT2D eigenvalue weighted by Gasteiger charge is -2.13. The third-order valence-electron chi connectivity index (χ3n) is 1.88. The van der Waals surface area contributed by atoms with Crippen molar-refractivity contribution in [3.05, 3.63) is 35.9 Å². The highest BCUT2D eigenvalue weighted by Gasteiger charge is 2.12. The van der Waals surface area contributed by atoms with Crippen molar-refractivity contribution in [3.8, 4) is 12.3 Å². The first-order valence-electron chi connectivity index (χ1n) is 3.95. The number of aliphatic hydroxyl groups is 1. The minimum Gasteiger partial charge on any atom is -0.387 e. The topological polar surface area (TPSA) is 20.2 Å². The van der Waals surface area contributed by atoms with Crippen LogP contribution in [0.5, 0.6) is 0 Å². The molecule has 1 aromatic rings. The average Bonchev–Trinajstić information content (AvgIpc) is 2.17. The highest BCUT2D eigenvalue weighted by atomic mass is 16.3. The third kappa shape index (κ3) is 1.87. The molecule has 0 amide bonds. The molecule has 0 saturated carbocycles. The molecule has 0 unspecified atom stereocenters. The van der Waals surface area contributed by atoms with Crippen LogP contribution >= 0.6 is 0 Å². The van der Waals surface area contributed by atoms with Gasteiger partial charge >= 0.3 is 0 Å². The van der Waals surface area contributed by atoms with Crippen LogP contribution in [0, 0.1) is 18.3 Å². The Hall–Kier alpha value is -1.26. The largest absolute Gasteiger partial charge is 0.387 e. The van der Waals surface area contributed by atoms with Crippen LogP contribution in [0.2, 0.25) is 0 Å². The van der Waals surface area contributed by atoms with E-state index in [0.29, 0.717) is 0 Å². The van der Waals surface area contributed by atoms with Crippen molar-refractivity contribution >= 4 is 0 Å². The number of hydrogen-bond donors (Lipinski definition) is 1. The lowest BCUT2D eigenvalue weighted by molar-refractivity contribution is 0.144. The van der Waals surface area contributed by atoms with Crippen molar-refractivity contribution in [2.24, 2.45) is 5.92 Å². The number of aliphatic hydroxyl groups excluding tert-OH is 1. The number of terminal acetylenes is 1. The molecular weight excluding hydrogens is 148 g/mol. The first kappa shape index (κ1) is 8.83. The molecule has 0 spiro atoms. The maximum Gasteiger partial charge on any atom is 0.0924 e. The van der Waals surface area contributed by atoms with E-state index in [0.717, 1.165) is 5.56 Å². The summed E-state index contributed by atoms with van der Waals surface area (Å²) in [5.74, 6) is 2.38. The molecule has 1 nitrogen and oxygen atoms in total. The Kier molecular flexibility index (Phi) is 2.90. The van der Waals surface area contributed by atoms with Crippen LogP contribution in [0.4, 0.5) is 0 Å². The van der Waals surface area contributed by atoms with E-state index in [1.807, 2.05) is 37.3 Å². The van der Waals surface area contributed by atoms with E-state index in [9.17, 15) is 5.11 Å². The highest BCUT2D eigenvalue weighted by Crippen LogP contribution is 2.20. The van der Waals surface area contributed by atoms with Gasteiger partial charge in [-0.1, -0.05) is 30.3 Å². The molecule has 0 bridgehead atoms. The average molecular weight is 160 g/mol. The lowest BCUT2D eigenvalue weighted by atomic mass is 9.98. The Morgan fingerprint density at radius 3 is 2.42 bits per heavy atom. The molecule has 0 aliphatic rings. The summed E-state index contributed by atoms with van der Waals surface area (Å²) in [4.78, 5) is 0. The molecule has 0 aromatic heterocycles. The monoisotopic (exact) mass is 160 g/mol. The van der Waals surface area contributed by atoms with Gasteiger partial charge in [0.15, 0.2) is 0 Å². The minimum atomic E-state index is -0.545. The lowest BCUT2D eigenvalue weighted by Crippen LogP contribution is -2.06. The molecule has 0 aliphatic carbocycles. The predicted molar refractivity (Wildman–Crippen MR) is 49.4 cm³/mol. The molecule has 0 radical (unpaired) electrons. The van der Waals surface area contributed by atoms with Gasteiger partial charge in [0.25, 0.3) is 0 Å². The first-order valence-corrected chi connectivity index (χ1v) is 3.95. The summed E-state index contributed by atoms with van der Waals surface area (Å²) in [6, 6.07) is 9.44. The van der Waals surface area contributed by atoms with Crippen LogP contribution in [-0.4, -0.2) is 5.11 Å². The summed E-state index contributed by atoms with van der Waals surface area (Å²) in [6.07, 6.45) is 4.66. The van der Waals surface area contributed by atoms with Crippen LogP contribution < -0.4 is 0 Å². The molecule has 1 N–H and O–H groups in total. The van der Waals surface area contributed by atoms with E-state index in [1.54, 1.807) is 0 Å². The van der Waals surface area contributed by atoms with Crippen molar-refractivity contribution in [2.45, 2.75) is 13.0 Å². The summed E-state index contributed by atoms with van der Waals surface area (Å²) in [6.45, 7) is 1.83. The zero-order valence-corrected chi connectivity index (χ0v) is 7.07. The Morgan fingerprint density at radius 2 is 1.92 bits per heavy atom. The zero-order valence-electron chi connectivity index (χ0n) is 7.07. The predicted octanol–water partition coefficient (Wildman–Crippen LogP) is 1.99. The highest BCUT2D eigenvalue weighted by molar-refractivity contribution is 5.19. The van der Waals surface area contributed by atoms with Gasteiger partial charge in [-0.2, -0.15) is 0 Å². The minimum absolute atomic E-state index is 0.132. The van der Waals surface area contributed by atoms with Crippen LogP contribution in [0.15, 0.2) is 30.3 Å². The van der Waals surface area contributed by atoms with Gasteiger partial charge in [-0.05, 0) is 12.5 Å². The zero-order chi connectivity index (χ0) is 8.97. The van der Waals surface area contributed by atoms with E-state index < -0.39 is 6.10 Å². The number of rotatable bonds is 2. The normalized spacial score (nSPS) is 14.8. The SMILES string of the molecule is C#C[C@H](C)[C@@H](O)c1ccccc1. The van der Waals surface area contributed by atoms with Gasteiger partial charge in [0.1, 0.15) is 0 Å². The molecule has 62 valence electrons. The molecule has 2 atom stereocenters. The first-order chi connectivity index (χ1) is 5.75. The summed E-state index contributed by atoms with van der Waals surface area (Å²) in [5.41, 5.74) is 0.878. The summed E-state index contributed by atoms with van der Waals surface area (Å²) >= 11 is 0. The summed E-state index contributed by atoms with van der Waals surface area (Å²) in [5, 5.41) is 9.65. The van der Waals surface area contributed by atoms with Crippen molar-refractivity contribution in [3.63, 3.8) is 0 Å². The molecule has 1 aromatic carbocycles. The van der Waals surface area contributed by atoms with Crippen molar-refractivity contribution in [2.75, 3.05) is 0 Å². The fourth-order valence-corrected chi connectivity index (χ4v) is 1.03. The summed E-state index contributed by atoms with van der Waals surface area (Å²) < 4.78 is 0. The number of benzene rings is 1. The van der Waals surface area contributed by atoms with Crippen LogP contribution in [0.1, 0.15) is 18.6 Å². The second-order valence-corrected chi connectivity index (χ2v) is 2.81. The van der Waals surface area contributed by atoms with Crippen LogP contribution in [0.3, 0.4) is 0 Å². The van der Waals surface area contributed by atoms with Gasteiger partial charge in [-0.25, -0.2) is 0 Å².